The maximum atomic E-state index is 13.6. The molecule has 1 aliphatic heterocycles. The molecule has 0 radical (unpaired) electrons. The molecule has 1 unspecified atom stereocenters. The Morgan fingerprint density at radius 1 is 1.38 bits per heavy atom. The number of rotatable bonds is 4. The van der Waals surface area contributed by atoms with Crippen molar-refractivity contribution in [2.45, 2.75) is 19.0 Å². The molecule has 1 saturated heterocycles. The van der Waals surface area contributed by atoms with Gasteiger partial charge in [-0.2, -0.15) is 4.39 Å². The molecular weight excluding hydrogens is 288 g/mol. The number of nitro benzene ring substituents is 1. The van der Waals surface area contributed by atoms with Gasteiger partial charge in [-0.15, -0.1) is 0 Å². The van der Waals surface area contributed by atoms with Crippen molar-refractivity contribution in [1.82, 2.24) is 10.2 Å². The topological polar surface area (TPSA) is 92.6 Å². The number of hydrogen-bond donors (Lipinski definition) is 1. The number of likely N-dealkylation sites (tertiary alicyclic amines) is 1. The second-order valence-corrected chi connectivity index (χ2v) is 4.58. The normalized spacial score (nSPS) is 18.4. The zero-order valence-electron chi connectivity index (χ0n) is 10.9. The van der Waals surface area contributed by atoms with Gasteiger partial charge in [-0.25, -0.2) is 4.39 Å². The van der Waals surface area contributed by atoms with Crippen LogP contribution in [0.5, 0.6) is 0 Å². The summed E-state index contributed by atoms with van der Waals surface area (Å²) in [6.07, 6.45) is -0.0692. The number of nitro groups is 1. The van der Waals surface area contributed by atoms with Crippen molar-refractivity contribution in [3.63, 3.8) is 0 Å². The fraction of sp³-hybridized carbons (Fsp3) is 0.333. The molecule has 0 aromatic heterocycles. The zero-order chi connectivity index (χ0) is 15.7. The number of carbonyl (C=O) groups is 2. The van der Waals surface area contributed by atoms with Gasteiger partial charge in [0.1, 0.15) is 5.82 Å². The first-order valence-corrected chi connectivity index (χ1v) is 5.97. The van der Waals surface area contributed by atoms with Gasteiger partial charge >= 0.3 is 5.69 Å². The van der Waals surface area contributed by atoms with E-state index in [4.69, 9.17) is 0 Å². The first-order chi connectivity index (χ1) is 9.81. The summed E-state index contributed by atoms with van der Waals surface area (Å²) < 4.78 is 26.7. The minimum atomic E-state index is -1.27. The quantitative estimate of drug-likeness (QED) is 0.502. The Morgan fingerprint density at radius 2 is 2.05 bits per heavy atom. The van der Waals surface area contributed by atoms with E-state index in [1.165, 1.54) is 7.05 Å². The number of benzene rings is 1. The van der Waals surface area contributed by atoms with Gasteiger partial charge in [0.15, 0.2) is 0 Å². The molecule has 0 spiro atoms. The Kier molecular flexibility index (Phi) is 3.94. The van der Waals surface area contributed by atoms with Crippen molar-refractivity contribution < 1.29 is 23.3 Å². The first-order valence-electron chi connectivity index (χ1n) is 5.97. The molecule has 2 rings (SSSR count). The van der Waals surface area contributed by atoms with Gasteiger partial charge < -0.3 is 5.32 Å². The van der Waals surface area contributed by atoms with Gasteiger partial charge in [-0.1, -0.05) is 0 Å². The number of nitrogens with one attached hydrogen (secondary N) is 1. The first kappa shape index (κ1) is 15.0. The van der Waals surface area contributed by atoms with E-state index in [0.29, 0.717) is 6.07 Å². The minimum Gasteiger partial charge on any atom is -0.301 e. The molecule has 0 aliphatic carbocycles. The number of nitrogens with zero attached hydrogens (tertiary/aromatic N) is 2. The van der Waals surface area contributed by atoms with E-state index < -0.39 is 34.2 Å². The van der Waals surface area contributed by atoms with Crippen LogP contribution in [-0.4, -0.2) is 34.7 Å². The Bertz CT molecular complexity index is 635. The molecule has 9 heteroatoms. The van der Waals surface area contributed by atoms with Gasteiger partial charge in [0.25, 0.3) is 0 Å². The smallest absolute Gasteiger partial charge is 0.301 e. The van der Waals surface area contributed by atoms with Gasteiger partial charge in [0.2, 0.25) is 17.6 Å². The summed E-state index contributed by atoms with van der Waals surface area (Å²) in [5, 5.41) is 13.2. The van der Waals surface area contributed by atoms with Gasteiger partial charge in [0.05, 0.1) is 17.4 Å². The number of likely N-dealkylation sites (N-methyl/N-ethyl adjacent to an activating group) is 1. The molecule has 1 heterocycles. The summed E-state index contributed by atoms with van der Waals surface area (Å²) in [6, 6.07) is 0.372. The van der Waals surface area contributed by atoms with Crippen molar-refractivity contribution in [2.75, 3.05) is 7.05 Å². The molecular formula is C12H11F2N3O4. The number of hydrogen-bond acceptors (Lipinski definition) is 5. The molecule has 21 heavy (non-hydrogen) atoms. The molecule has 1 atom stereocenters. The number of imide groups is 1. The maximum absolute atomic E-state index is 13.6. The van der Waals surface area contributed by atoms with Crippen molar-refractivity contribution in [2.24, 2.45) is 0 Å². The lowest BCUT2D eigenvalue weighted by Gasteiger charge is -2.11. The summed E-state index contributed by atoms with van der Waals surface area (Å²) in [4.78, 5) is 33.5. The Labute approximate surface area is 117 Å². The van der Waals surface area contributed by atoms with Crippen molar-refractivity contribution in [1.29, 1.82) is 0 Å². The van der Waals surface area contributed by atoms with E-state index >= 15 is 0 Å². The van der Waals surface area contributed by atoms with Gasteiger partial charge in [-0.3, -0.25) is 24.6 Å². The van der Waals surface area contributed by atoms with Gasteiger partial charge in [0, 0.05) is 31.3 Å². The van der Waals surface area contributed by atoms with E-state index in [1.807, 2.05) is 0 Å². The van der Waals surface area contributed by atoms with E-state index in [9.17, 15) is 28.5 Å². The van der Waals surface area contributed by atoms with E-state index in [-0.39, 0.29) is 24.4 Å². The van der Waals surface area contributed by atoms with Crippen molar-refractivity contribution in [3.05, 3.63) is 39.4 Å². The highest BCUT2D eigenvalue weighted by Gasteiger charge is 2.35. The van der Waals surface area contributed by atoms with Crippen molar-refractivity contribution in [3.8, 4) is 0 Å². The molecule has 112 valence electrons. The van der Waals surface area contributed by atoms with Crippen LogP contribution in [0.3, 0.4) is 0 Å². The molecule has 7 nitrogen and oxygen atoms in total. The predicted molar refractivity (Wildman–Crippen MR) is 66.0 cm³/mol. The molecule has 0 saturated carbocycles. The molecule has 1 aliphatic rings. The van der Waals surface area contributed by atoms with E-state index in [2.05, 4.69) is 5.32 Å². The van der Waals surface area contributed by atoms with Crippen LogP contribution >= 0.6 is 0 Å². The standard InChI is InChI=1S/C12H11F2N3O4/c1-16-11(18)4-9(12(16)19)15-5-6-2-10(17(20)21)8(14)3-7(6)13/h2-3,9,15H,4-5H2,1H3. The third-order valence-electron chi connectivity index (χ3n) is 3.23. The Morgan fingerprint density at radius 3 is 2.57 bits per heavy atom. The maximum Gasteiger partial charge on any atom is 0.305 e. The highest BCUT2D eigenvalue weighted by molar-refractivity contribution is 6.05. The third-order valence-corrected chi connectivity index (χ3v) is 3.23. The molecule has 2 amide bonds. The predicted octanol–water partition coefficient (Wildman–Crippen LogP) is 0.720. The van der Waals surface area contributed by atoms with Crippen LogP contribution in [0.4, 0.5) is 14.5 Å². The van der Waals surface area contributed by atoms with Crippen LogP contribution in [0, 0.1) is 21.7 Å². The summed E-state index contributed by atoms with van der Waals surface area (Å²) in [5.41, 5.74) is -1.00. The Hall–Kier alpha value is -2.42. The fourth-order valence-electron chi connectivity index (χ4n) is 2.00. The molecule has 0 bridgehead atoms. The highest BCUT2D eigenvalue weighted by atomic mass is 19.1. The molecule has 1 fully saturated rings. The second-order valence-electron chi connectivity index (χ2n) is 4.58. The molecule has 1 aromatic carbocycles. The van der Waals surface area contributed by atoms with E-state index in [0.717, 1.165) is 11.0 Å². The third kappa shape index (κ3) is 2.87. The van der Waals surface area contributed by atoms with Gasteiger partial charge in [-0.05, 0) is 0 Å². The lowest BCUT2D eigenvalue weighted by Crippen LogP contribution is -2.36. The summed E-state index contributed by atoms with van der Waals surface area (Å²) in [5.74, 6) is -3.07. The number of amides is 2. The van der Waals surface area contributed by atoms with Crippen LogP contribution in [0.2, 0.25) is 0 Å². The van der Waals surface area contributed by atoms with Crippen LogP contribution < -0.4 is 5.32 Å². The lowest BCUT2D eigenvalue weighted by atomic mass is 10.1. The highest BCUT2D eigenvalue weighted by Crippen LogP contribution is 2.22. The molecule has 1 aromatic rings. The van der Waals surface area contributed by atoms with Crippen molar-refractivity contribution >= 4 is 17.5 Å². The number of carbonyl (C=O) groups excluding carboxylic acids is 2. The average molecular weight is 299 g/mol. The summed E-state index contributed by atoms with van der Waals surface area (Å²) in [7, 11) is 1.33. The number of halogens is 2. The van der Waals surface area contributed by atoms with Crippen LogP contribution in [0.15, 0.2) is 12.1 Å². The van der Waals surface area contributed by atoms with Crippen LogP contribution in [0.25, 0.3) is 0 Å². The SMILES string of the molecule is CN1C(=O)CC(NCc2cc([N+](=O)[O-])c(F)cc2F)C1=O. The Balaban J connectivity index is 2.14. The summed E-state index contributed by atoms with van der Waals surface area (Å²) >= 11 is 0. The monoisotopic (exact) mass is 299 g/mol. The molecule has 1 N–H and O–H groups in total. The lowest BCUT2D eigenvalue weighted by molar-refractivity contribution is -0.387. The average Bonchev–Trinajstić information content (AvgIpc) is 2.65. The zero-order valence-corrected chi connectivity index (χ0v) is 10.9. The van der Waals surface area contributed by atoms with Crippen LogP contribution in [-0.2, 0) is 16.1 Å². The largest absolute Gasteiger partial charge is 0.305 e. The van der Waals surface area contributed by atoms with E-state index in [1.54, 1.807) is 0 Å². The summed E-state index contributed by atoms with van der Waals surface area (Å²) in [6.45, 7) is -0.232. The second kappa shape index (κ2) is 5.52. The minimum absolute atomic E-state index is 0.0692. The fourth-order valence-corrected chi connectivity index (χ4v) is 2.00. The van der Waals surface area contributed by atoms with Crippen LogP contribution in [0.1, 0.15) is 12.0 Å².